The van der Waals surface area contributed by atoms with Crippen LogP contribution in [0.3, 0.4) is 0 Å². The summed E-state index contributed by atoms with van der Waals surface area (Å²) in [5.41, 5.74) is 0.496. The Morgan fingerprint density at radius 2 is 1.65 bits per heavy atom. The fourth-order valence-corrected chi connectivity index (χ4v) is 3.51. The molecule has 3 nitrogen and oxygen atoms in total. The molecule has 2 aromatic carbocycles. The van der Waals surface area contributed by atoms with Gasteiger partial charge in [0.1, 0.15) is 10.1 Å². The summed E-state index contributed by atoms with van der Waals surface area (Å²) in [6.45, 7) is 0. The van der Waals surface area contributed by atoms with Gasteiger partial charge in [0.2, 0.25) is 0 Å². The Labute approximate surface area is 131 Å². The van der Waals surface area contributed by atoms with Gasteiger partial charge in [0.15, 0.2) is 0 Å². The molecule has 2 aromatic rings. The summed E-state index contributed by atoms with van der Waals surface area (Å²) in [6.07, 6.45) is 0. The van der Waals surface area contributed by atoms with Crippen LogP contribution in [0.1, 0.15) is 5.56 Å². The van der Waals surface area contributed by atoms with Crippen molar-refractivity contribution >= 4 is 50.0 Å². The van der Waals surface area contributed by atoms with Gasteiger partial charge in [0.05, 0.1) is 5.02 Å². The van der Waals surface area contributed by atoms with Crippen LogP contribution in [0.25, 0.3) is 0 Å². The minimum atomic E-state index is -4.02. The highest BCUT2D eigenvalue weighted by Crippen LogP contribution is 2.27. The van der Waals surface area contributed by atoms with Crippen LogP contribution in [0.4, 0.5) is 0 Å². The van der Waals surface area contributed by atoms with Crippen LogP contribution in [-0.4, -0.2) is 13.6 Å². The quantitative estimate of drug-likeness (QED) is 0.773. The molecule has 0 aliphatic carbocycles. The fraction of sp³-hybridized carbons (Fsp3) is 0. The van der Waals surface area contributed by atoms with Gasteiger partial charge < -0.3 is 0 Å². The van der Waals surface area contributed by atoms with Crippen LogP contribution >= 0.6 is 34.8 Å². The third kappa shape index (κ3) is 3.52. The van der Waals surface area contributed by atoms with Crippen molar-refractivity contribution in [3.63, 3.8) is 0 Å². The molecule has 7 heteroatoms. The molecule has 0 unspecified atom stereocenters. The predicted molar refractivity (Wildman–Crippen MR) is 82.5 cm³/mol. The first-order valence-electron chi connectivity index (χ1n) is 5.41. The summed E-state index contributed by atoms with van der Waals surface area (Å²) >= 11 is 17.6. The molecule has 0 saturated carbocycles. The number of rotatable bonds is 3. The molecule has 0 heterocycles. The van der Waals surface area contributed by atoms with E-state index in [1.807, 2.05) is 0 Å². The SMILES string of the molecule is O=S(=O)(/N=C(/Cl)c1ccccc1)c1cc(Cl)ccc1Cl. The molecular weight excluding hydrogens is 341 g/mol. The van der Waals surface area contributed by atoms with Crippen LogP contribution in [0, 0.1) is 0 Å². The van der Waals surface area contributed by atoms with Crippen molar-refractivity contribution in [1.29, 1.82) is 0 Å². The molecule has 0 saturated heterocycles. The molecule has 0 bridgehead atoms. The van der Waals surface area contributed by atoms with Gasteiger partial charge in [-0.15, -0.1) is 4.40 Å². The number of nitrogens with zero attached hydrogens (tertiary/aromatic N) is 1. The van der Waals surface area contributed by atoms with E-state index in [1.54, 1.807) is 30.3 Å². The van der Waals surface area contributed by atoms with Crippen molar-refractivity contribution in [1.82, 2.24) is 0 Å². The van der Waals surface area contributed by atoms with E-state index >= 15 is 0 Å². The van der Waals surface area contributed by atoms with Crippen LogP contribution < -0.4 is 0 Å². The van der Waals surface area contributed by atoms with Crippen LogP contribution in [0.2, 0.25) is 10.0 Å². The predicted octanol–water partition coefficient (Wildman–Crippen LogP) is 4.37. The molecule has 0 amide bonds. The topological polar surface area (TPSA) is 46.5 Å². The Balaban J connectivity index is 2.49. The minimum Gasteiger partial charge on any atom is -0.199 e. The maximum absolute atomic E-state index is 12.2. The van der Waals surface area contributed by atoms with E-state index in [2.05, 4.69) is 4.40 Å². The van der Waals surface area contributed by atoms with Gasteiger partial charge in [0, 0.05) is 10.6 Å². The van der Waals surface area contributed by atoms with Gasteiger partial charge in [-0.25, -0.2) is 0 Å². The zero-order valence-corrected chi connectivity index (χ0v) is 13.0. The van der Waals surface area contributed by atoms with Crippen molar-refractivity contribution in [2.45, 2.75) is 4.90 Å². The van der Waals surface area contributed by atoms with E-state index in [4.69, 9.17) is 34.8 Å². The molecule has 0 fully saturated rings. The second kappa shape index (κ2) is 6.14. The van der Waals surface area contributed by atoms with Gasteiger partial charge >= 0.3 is 0 Å². The molecule has 0 N–H and O–H groups in total. The molecular formula is C13H8Cl3NO2S. The highest BCUT2D eigenvalue weighted by Gasteiger charge is 2.18. The van der Waals surface area contributed by atoms with Crippen molar-refractivity contribution in [2.24, 2.45) is 4.40 Å². The minimum absolute atomic E-state index is 0.0377. The van der Waals surface area contributed by atoms with E-state index in [0.717, 1.165) is 0 Å². The van der Waals surface area contributed by atoms with E-state index in [9.17, 15) is 8.42 Å². The molecule has 20 heavy (non-hydrogen) atoms. The first-order chi connectivity index (χ1) is 9.40. The Bertz CT molecular complexity index is 758. The molecule has 0 aliphatic heterocycles. The molecule has 0 radical (unpaired) electrons. The molecule has 104 valence electrons. The summed E-state index contributed by atoms with van der Waals surface area (Å²) in [4.78, 5) is -0.180. The van der Waals surface area contributed by atoms with Crippen molar-refractivity contribution in [3.8, 4) is 0 Å². The Kier molecular flexibility index (Phi) is 4.70. The third-order valence-electron chi connectivity index (χ3n) is 2.38. The van der Waals surface area contributed by atoms with E-state index in [-0.39, 0.29) is 20.1 Å². The lowest BCUT2D eigenvalue weighted by Crippen LogP contribution is -2.02. The summed E-state index contributed by atoms with van der Waals surface area (Å²) in [5.74, 6) is 0. The second-order valence-corrected chi connectivity index (χ2v) is 6.57. The van der Waals surface area contributed by atoms with Crippen LogP contribution in [0.5, 0.6) is 0 Å². The Hall–Kier alpha value is -1.07. The van der Waals surface area contributed by atoms with Gasteiger partial charge in [-0.05, 0) is 18.2 Å². The van der Waals surface area contributed by atoms with Gasteiger partial charge in [-0.2, -0.15) is 8.42 Å². The lowest BCUT2D eigenvalue weighted by molar-refractivity contribution is 0.598. The fourth-order valence-electron chi connectivity index (χ4n) is 1.46. The normalized spacial score (nSPS) is 12.4. The van der Waals surface area contributed by atoms with Gasteiger partial charge in [0.25, 0.3) is 10.0 Å². The van der Waals surface area contributed by atoms with E-state index in [1.165, 1.54) is 18.2 Å². The largest absolute Gasteiger partial charge is 0.285 e. The highest BCUT2D eigenvalue weighted by molar-refractivity contribution is 7.90. The van der Waals surface area contributed by atoms with E-state index < -0.39 is 10.0 Å². The molecule has 0 aromatic heterocycles. The molecule has 0 aliphatic rings. The van der Waals surface area contributed by atoms with Crippen molar-refractivity contribution in [3.05, 3.63) is 64.1 Å². The summed E-state index contributed by atoms with van der Waals surface area (Å²) in [7, 11) is -4.02. The number of halogens is 3. The van der Waals surface area contributed by atoms with Crippen molar-refractivity contribution in [2.75, 3.05) is 0 Å². The molecule has 0 spiro atoms. The van der Waals surface area contributed by atoms with Crippen LogP contribution in [0.15, 0.2) is 57.8 Å². The summed E-state index contributed by atoms with van der Waals surface area (Å²) in [5, 5.41) is 0.149. The first kappa shape index (κ1) is 15.3. The molecule has 2 rings (SSSR count). The number of sulfonamides is 1. The maximum Gasteiger partial charge on any atom is 0.285 e. The number of hydrogen-bond donors (Lipinski definition) is 0. The smallest absolute Gasteiger partial charge is 0.199 e. The van der Waals surface area contributed by atoms with Crippen LogP contribution in [-0.2, 0) is 10.0 Å². The lowest BCUT2D eigenvalue weighted by atomic mass is 10.2. The van der Waals surface area contributed by atoms with E-state index in [0.29, 0.717) is 5.56 Å². The van der Waals surface area contributed by atoms with Gasteiger partial charge in [-0.3, -0.25) is 0 Å². The van der Waals surface area contributed by atoms with Crippen molar-refractivity contribution < 1.29 is 8.42 Å². The number of benzene rings is 2. The highest BCUT2D eigenvalue weighted by atomic mass is 35.5. The Morgan fingerprint density at radius 1 is 1.00 bits per heavy atom. The first-order valence-corrected chi connectivity index (χ1v) is 7.98. The maximum atomic E-state index is 12.2. The Morgan fingerprint density at radius 3 is 2.30 bits per heavy atom. The molecule has 0 atom stereocenters. The lowest BCUT2D eigenvalue weighted by Gasteiger charge is -2.04. The standard InChI is InChI=1S/C13H8Cl3NO2S/c14-10-6-7-11(15)12(8-10)20(18,19)17-13(16)9-4-2-1-3-5-9/h1-8H/b17-13+. The zero-order chi connectivity index (χ0) is 14.8. The second-order valence-electron chi connectivity index (χ2n) is 3.80. The zero-order valence-electron chi connectivity index (χ0n) is 9.92. The average Bonchev–Trinajstić information content (AvgIpc) is 2.42. The summed E-state index contributed by atoms with van der Waals surface area (Å²) < 4.78 is 27.9. The number of hydrogen-bond acceptors (Lipinski definition) is 2. The van der Waals surface area contributed by atoms with Gasteiger partial charge in [-0.1, -0.05) is 65.1 Å². The summed E-state index contributed by atoms with van der Waals surface area (Å²) in [6, 6.07) is 12.7. The monoisotopic (exact) mass is 347 g/mol. The third-order valence-corrected chi connectivity index (χ3v) is 4.78. The average molecular weight is 349 g/mol.